The number of amides is 1. The highest BCUT2D eigenvalue weighted by Crippen LogP contribution is 2.32. The van der Waals surface area contributed by atoms with Gasteiger partial charge in [0.1, 0.15) is 5.75 Å². The Labute approximate surface area is 159 Å². The highest BCUT2D eigenvalue weighted by molar-refractivity contribution is 7.96. The predicted molar refractivity (Wildman–Crippen MR) is 99.9 cm³/mol. The van der Waals surface area contributed by atoms with Crippen LogP contribution in [0, 0.1) is 5.92 Å². The second kappa shape index (κ2) is 7.40. The molecule has 2 saturated heterocycles. The van der Waals surface area contributed by atoms with E-state index >= 15 is 0 Å². The average Bonchev–Trinajstić information content (AvgIpc) is 2.98. The van der Waals surface area contributed by atoms with Crippen LogP contribution >= 0.6 is 0 Å². The average molecular weight is 417 g/mol. The number of carbonyl (C=O) groups is 1. The first-order valence-corrected chi connectivity index (χ1v) is 12.1. The predicted octanol–water partition coefficient (Wildman–Crippen LogP) is -0.168. The number of sulfone groups is 2. The van der Waals surface area contributed by atoms with E-state index in [2.05, 4.69) is 0 Å². The first kappa shape index (κ1) is 20.1. The molecule has 0 aromatic heterocycles. The van der Waals surface area contributed by atoms with Crippen molar-refractivity contribution >= 4 is 25.6 Å². The molecular weight excluding hydrogens is 392 g/mol. The minimum absolute atomic E-state index is 0.0856. The molecule has 1 aromatic rings. The Balaban J connectivity index is 1.86. The standard InChI is InChI=1S/C17H24N2O6S2/c1-25-13-2-4-14(5-3-13)27(23,24)16-11-26(21,22)10-15(16)19-8-6-12(7-9-19)17(18)20/h2-5,12,15-16H,6-11H2,1H3,(H2,18,20)/t15-,16-/m1/s1. The minimum Gasteiger partial charge on any atom is -0.497 e. The Bertz CT molecular complexity index is 903. The van der Waals surface area contributed by atoms with E-state index in [1.165, 1.54) is 19.2 Å². The summed E-state index contributed by atoms with van der Waals surface area (Å²) in [6.45, 7) is 0.921. The fourth-order valence-corrected chi connectivity index (χ4v) is 8.72. The van der Waals surface area contributed by atoms with Crippen molar-refractivity contribution in [1.82, 2.24) is 4.90 Å². The van der Waals surface area contributed by atoms with Crippen molar-refractivity contribution in [2.45, 2.75) is 29.0 Å². The molecule has 1 aromatic carbocycles. The van der Waals surface area contributed by atoms with Crippen molar-refractivity contribution in [2.24, 2.45) is 11.7 Å². The van der Waals surface area contributed by atoms with Gasteiger partial charge >= 0.3 is 0 Å². The Morgan fingerprint density at radius 2 is 1.74 bits per heavy atom. The summed E-state index contributed by atoms with van der Waals surface area (Å²) in [6, 6.07) is 5.36. The van der Waals surface area contributed by atoms with Gasteiger partial charge in [0.15, 0.2) is 19.7 Å². The molecule has 2 aliphatic heterocycles. The lowest BCUT2D eigenvalue weighted by Gasteiger charge is -2.36. The molecule has 1 amide bonds. The van der Waals surface area contributed by atoms with Crippen LogP contribution in [0.15, 0.2) is 29.2 Å². The molecule has 2 fully saturated rings. The van der Waals surface area contributed by atoms with E-state index in [0.29, 0.717) is 31.7 Å². The van der Waals surface area contributed by atoms with Gasteiger partial charge in [0, 0.05) is 12.0 Å². The Morgan fingerprint density at radius 1 is 1.15 bits per heavy atom. The van der Waals surface area contributed by atoms with E-state index in [-0.39, 0.29) is 28.2 Å². The van der Waals surface area contributed by atoms with Crippen molar-refractivity contribution in [1.29, 1.82) is 0 Å². The van der Waals surface area contributed by atoms with E-state index in [9.17, 15) is 21.6 Å². The summed E-state index contributed by atoms with van der Waals surface area (Å²) in [4.78, 5) is 13.3. The van der Waals surface area contributed by atoms with Crippen LogP contribution in [0.25, 0.3) is 0 Å². The van der Waals surface area contributed by atoms with E-state index < -0.39 is 31.0 Å². The van der Waals surface area contributed by atoms with Crippen LogP contribution in [0.4, 0.5) is 0 Å². The molecule has 2 aliphatic rings. The molecule has 0 radical (unpaired) electrons. The molecule has 0 bridgehead atoms. The van der Waals surface area contributed by atoms with Crippen molar-refractivity contribution in [3.63, 3.8) is 0 Å². The van der Waals surface area contributed by atoms with Crippen LogP contribution in [0.3, 0.4) is 0 Å². The van der Waals surface area contributed by atoms with Crippen molar-refractivity contribution in [2.75, 3.05) is 31.7 Å². The van der Waals surface area contributed by atoms with Gasteiger partial charge in [-0.05, 0) is 50.2 Å². The van der Waals surface area contributed by atoms with Crippen LogP contribution in [-0.2, 0) is 24.5 Å². The van der Waals surface area contributed by atoms with Crippen LogP contribution in [-0.4, -0.2) is 70.6 Å². The second-order valence-electron chi connectivity index (χ2n) is 7.12. The summed E-state index contributed by atoms with van der Waals surface area (Å²) in [6.07, 6.45) is 1.03. The minimum atomic E-state index is -3.83. The number of ether oxygens (including phenoxy) is 1. The lowest BCUT2D eigenvalue weighted by atomic mass is 9.95. The molecule has 2 heterocycles. The number of likely N-dealkylation sites (tertiary alicyclic amines) is 1. The number of nitrogens with zero attached hydrogens (tertiary/aromatic N) is 1. The fraction of sp³-hybridized carbons (Fsp3) is 0.588. The number of piperidine rings is 1. The first-order valence-electron chi connectivity index (χ1n) is 8.76. The van der Waals surface area contributed by atoms with E-state index in [4.69, 9.17) is 10.5 Å². The monoisotopic (exact) mass is 416 g/mol. The first-order chi connectivity index (χ1) is 12.6. The number of nitrogens with two attached hydrogens (primary N) is 1. The van der Waals surface area contributed by atoms with Crippen LogP contribution in [0.2, 0.25) is 0 Å². The van der Waals surface area contributed by atoms with E-state index in [1.54, 1.807) is 12.1 Å². The lowest BCUT2D eigenvalue weighted by molar-refractivity contribution is -0.123. The van der Waals surface area contributed by atoms with Crippen molar-refractivity contribution in [3.8, 4) is 5.75 Å². The Morgan fingerprint density at radius 3 is 2.26 bits per heavy atom. The number of benzene rings is 1. The second-order valence-corrected chi connectivity index (χ2v) is 11.4. The summed E-state index contributed by atoms with van der Waals surface area (Å²) in [5, 5.41) is -1.03. The smallest absolute Gasteiger partial charge is 0.220 e. The van der Waals surface area contributed by atoms with Crippen molar-refractivity contribution < 1.29 is 26.4 Å². The Hall–Kier alpha value is -1.65. The zero-order valence-corrected chi connectivity index (χ0v) is 16.7. The summed E-state index contributed by atoms with van der Waals surface area (Å²) in [5.74, 6) is -0.652. The number of rotatable bonds is 5. The van der Waals surface area contributed by atoms with Crippen LogP contribution in [0.5, 0.6) is 5.75 Å². The highest BCUT2D eigenvalue weighted by Gasteiger charge is 2.48. The SMILES string of the molecule is COc1ccc(S(=O)(=O)[C@@H]2CS(=O)(=O)C[C@H]2N2CCC(C(N)=O)CC2)cc1. The maximum absolute atomic E-state index is 13.1. The molecule has 3 rings (SSSR count). The zero-order chi connectivity index (χ0) is 19.8. The third-order valence-corrected chi connectivity index (χ3v) is 9.59. The molecule has 150 valence electrons. The summed E-state index contributed by atoms with van der Waals surface area (Å²) in [5.41, 5.74) is 5.35. The van der Waals surface area contributed by atoms with Gasteiger partial charge in [-0.3, -0.25) is 9.69 Å². The third kappa shape index (κ3) is 4.12. The molecule has 0 saturated carbocycles. The van der Waals surface area contributed by atoms with Gasteiger partial charge in [-0.15, -0.1) is 0 Å². The molecule has 0 unspecified atom stereocenters. The van der Waals surface area contributed by atoms with Gasteiger partial charge in [0.25, 0.3) is 0 Å². The van der Waals surface area contributed by atoms with Crippen molar-refractivity contribution in [3.05, 3.63) is 24.3 Å². The quantitative estimate of drug-likeness (QED) is 0.707. The maximum atomic E-state index is 13.1. The number of carbonyl (C=O) groups excluding carboxylic acids is 1. The topological polar surface area (TPSA) is 124 Å². The molecule has 8 nitrogen and oxygen atoms in total. The summed E-state index contributed by atoms with van der Waals surface area (Å²) >= 11 is 0. The number of hydrogen-bond donors (Lipinski definition) is 1. The van der Waals surface area contributed by atoms with Gasteiger partial charge in [0.2, 0.25) is 5.91 Å². The molecule has 2 N–H and O–H groups in total. The number of primary amides is 1. The maximum Gasteiger partial charge on any atom is 0.220 e. The largest absolute Gasteiger partial charge is 0.497 e. The van der Waals surface area contributed by atoms with E-state index in [1.807, 2.05) is 4.90 Å². The van der Waals surface area contributed by atoms with Crippen LogP contribution < -0.4 is 10.5 Å². The summed E-state index contributed by atoms with van der Waals surface area (Å²) in [7, 11) is -5.81. The molecule has 0 aliphatic carbocycles. The van der Waals surface area contributed by atoms with Gasteiger partial charge < -0.3 is 10.5 Å². The van der Waals surface area contributed by atoms with E-state index in [0.717, 1.165) is 0 Å². The molecular formula is C17H24N2O6S2. The van der Waals surface area contributed by atoms with Crippen LogP contribution in [0.1, 0.15) is 12.8 Å². The number of methoxy groups -OCH3 is 1. The van der Waals surface area contributed by atoms with Gasteiger partial charge in [-0.2, -0.15) is 0 Å². The summed E-state index contributed by atoms with van der Waals surface area (Å²) < 4.78 is 55.9. The highest BCUT2D eigenvalue weighted by atomic mass is 32.2. The fourth-order valence-electron chi connectivity index (χ4n) is 3.89. The molecule has 0 spiro atoms. The van der Waals surface area contributed by atoms with Gasteiger partial charge in [-0.1, -0.05) is 0 Å². The molecule has 2 atom stereocenters. The molecule has 10 heteroatoms. The van der Waals surface area contributed by atoms with Gasteiger partial charge in [-0.25, -0.2) is 16.8 Å². The normalized spacial score (nSPS) is 26.7. The lowest BCUT2D eigenvalue weighted by Crippen LogP contribution is -2.50. The zero-order valence-electron chi connectivity index (χ0n) is 15.1. The third-order valence-electron chi connectivity index (χ3n) is 5.46. The number of hydrogen-bond acceptors (Lipinski definition) is 7. The molecule has 27 heavy (non-hydrogen) atoms. The van der Waals surface area contributed by atoms with Gasteiger partial charge in [0.05, 0.1) is 28.8 Å². The Kier molecular flexibility index (Phi) is 5.51.